The highest BCUT2D eigenvalue weighted by atomic mass is 35.5. The molecule has 1 aliphatic heterocycles. The van der Waals surface area contributed by atoms with Crippen molar-refractivity contribution in [2.45, 2.75) is 25.8 Å². The fourth-order valence-electron chi connectivity index (χ4n) is 2.28. The molecule has 0 bridgehead atoms. The SMILES string of the molecule is CC(NCC(=O)N1CCCC1)c1cccc(Cl)c1Cl. The summed E-state index contributed by atoms with van der Waals surface area (Å²) in [6, 6.07) is 5.55. The second kappa shape index (κ2) is 6.60. The zero-order valence-electron chi connectivity index (χ0n) is 11.0. The van der Waals surface area contributed by atoms with Crippen molar-refractivity contribution in [2.24, 2.45) is 0 Å². The van der Waals surface area contributed by atoms with Crippen molar-refractivity contribution in [3.8, 4) is 0 Å². The highest BCUT2D eigenvalue weighted by molar-refractivity contribution is 6.42. The molecule has 5 heteroatoms. The van der Waals surface area contributed by atoms with E-state index in [1.165, 1.54) is 0 Å². The van der Waals surface area contributed by atoms with E-state index in [-0.39, 0.29) is 11.9 Å². The van der Waals surface area contributed by atoms with Gasteiger partial charge in [0.2, 0.25) is 5.91 Å². The maximum Gasteiger partial charge on any atom is 0.236 e. The van der Waals surface area contributed by atoms with Crippen LogP contribution in [0.2, 0.25) is 10.0 Å². The van der Waals surface area contributed by atoms with Gasteiger partial charge in [-0.2, -0.15) is 0 Å². The first-order chi connectivity index (χ1) is 9.09. The predicted octanol–water partition coefficient (Wildman–Crippen LogP) is 3.27. The van der Waals surface area contributed by atoms with Crippen LogP contribution in [0.15, 0.2) is 18.2 Å². The third kappa shape index (κ3) is 3.62. The van der Waals surface area contributed by atoms with Crippen LogP contribution in [0.1, 0.15) is 31.4 Å². The molecular formula is C14H18Cl2N2O. The Morgan fingerprint density at radius 2 is 2.05 bits per heavy atom. The fourth-order valence-corrected chi connectivity index (χ4v) is 2.76. The maximum atomic E-state index is 11.9. The summed E-state index contributed by atoms with van der Waals surface area (Å²) in [7, 11) is 0. The molecule has 1 saturated heterocycles. The molecule has 104 valence electrons. The number of halogens is 2. The second-order valence-electron chi connectivity index (χ2n) is 4.83. The van der Waals surface area contributed by atoms with Gasteiger partial charge in [-0.15, -0.1) is 0 Å². The number of amides is 1. The Hall–Kier alpha value is -0.770. The largest absolute Gasteiger partial charge is 0.342 e. The second-order valence-corrected chi connectivity index (χ2v) is 5.62. The van der Waals surface area contributed by atoms with Crippen LogP contribution in [-0.4, -0.2) is 30.4 Å². The van der Waals surface area contributed by atoms with Crippen LogP contribution in [0, 0.1) is 0 Å². The first-order valence-electron chi connectivity index (χ1n) is 6.54. The van der Waals surface area contributed by atoms with Gasteiger partial charge in [-0.05, 0) is 31.4 Å². The van der Waals surface area contributed by atoms with Crippen LogP contribution in [0.4, 0.5) is 0 Å². The molecule has 19 heavy (non-hydrogen) atoms. The van der Waals surface area contributed by atoms with Crippen molar-refractivity contribution in [3.05, 3.63) is 33.8 Å². The number of carbonyl (C=O) groups excluding carboxylic acids is 1. The van der Waals surface area contributed by atoms with E-state index < -0.39 is 0 Å². The van der Waals surface area contributed by atoms with Crippen LogP contribution in [0.25, 0.3) is 0 Å². The summed E-state index contributed by atoms with van der Waals surface area (Å²) < 4.78 is 0. The summed E-state index contributed by atoms with van der Waals surface area (Å²) in [5.41, 5.74) is 0.920. The lowest BCUT2D eigenvalue weighted by Gasteiger charge is -2.19. The van der Waals surface area contributed by atoms with Gasteiger partial charge in [0.25, 0.3) is 0 Å². The van der Waals surface area contributed by atoms with E-state index in [4.69, 9.17) is 23.2 Å². The smallest absolute Gasteiger partial charge is 0.236 e. The summed E-state index contributed by atoms with van der Waals surface area (Å²) in [5, 5.41) is 4.30. The molecule has 1 atom stereocenters. The lowest BCUT2D eigenvalue weighted by atomic mass is 10.1. The standard InChI is InChI=1S/C14H18Cl2N2O/c1-10(11-5-4-6-12(15)14(11)16)17-9-13(19)18-7-2-3-8-18/h4-6,10,17H,2-3,7-9H2,1H3. The van der Waals surface area contributed by atoms with Crippen molar-refractivity contribution < 1.29 is 4.79 Å². The number of benzene rings is 1. The van der Waals surface area contributed by atoms with Crippen LogP contribution in [-0.2, 0) is 4.79 Å². The molecule has 1 aromatic rings. The molecule has 0 saturated carbocycles. The van der Waals surface area contributed by atoms with E-state index in [0.717, 1.165) is 31.5 Å². The molecule has 0 spiro atoms. The molecule has 1 fully saturated rings. The maximum absolute atomic E-state index is 11.9. The van der Waals surface area contributed by atoms with Crippen molar-refractivity contribution >= 4 is 29.1 Å². The van der Waals surface area contributed by atoms with Gasteiger partial charge in [-0.3, -0.25) is 4.79 Å². The third-order valence-corrected chi connectivity index (χ3v) is 4.30. The van der Waals surface area contributed by atoms with Crippen LogP contribution < -0.4 is 5.32 Å². The number of nitrogens with one attached hydrogen (secondary N) is 1. The van der Waals surface area contributed by atoms with Gasteiger partial charge in [0, 0.05) is 19.1 Å². The van der Waals surface area contributed by atoms with E-state index in [1.54, 1.807) is 6.07 Å². The van der Waals surface area contributed by atoms with E-state index in [2.05, 4.69) is 5.32 Å². The van der Waals surface area contributed by atoms with Gasteiger partial charge >= 0.3 is 0 Å². The average molecular weight is 301 g/mol. The molecule has 1 unspecified atom stereocenters. The molecule has 3 nitrogen and oxygen atoms in total. The molecule has 1 aliphatic rings. The zero-order chi connectivity index (χ0) is 13.8. The zero-order valence-corrected chi connectivity index (χ0v) is 12.5. The van der Waals surface area contributed by atoms with Gasteiger partial charge < -0.3 is 10.2 Å². The first-order valence-corrected chi connectivity index (χ1v) is 7.30. The van der Waals surface area contributed by atoms with Gasteiger partial charge in [0.1, 0.15) is 0 Å². The highest BCUT2D eigenvalue weighted by Crippen LogP contribution is 2.29. The van der Waals surface area contributed by atoms with E-state index in [1.807, 2.05) is 24.0 Å². The molecule has 2 rings (SSSR count). The Morgan fingerprint density at radius 3 is 2.74 bits per heavy atom. The minimum atomic E-state index is -0.00208. The van der Waals surface area contributed by atoms with Gasteiger partial charge in [-0.1, -0.05) is 35.3 Å². The molecule has 1 amide bonds. The normalized spacial score (nSPS) is 16.7. The summed E-state index contributed by atoms with van der Waals surface area (Å²) >= 11 is 12.2. The minimum absolute atomic E-state index is 0.00208. The lowest BCUT2D eigenvalue weighted by molar-refractivity contribution is -0.129. The fraction of sp³-hybridized carbons (Fsp3) is 0.500. The number of hydrogen-bond acceptors (Lipinski definition) is 2. The van der Waals surface area contributed by atoms with Gasteiger partial charge in [0.15, 0.2) is 0 Å². The third-order valence-electron chi connectivity index (χ3n) is 3.47. The number of likely N-dealkylation sites (tertiary alicyclic amines) is 1. The lowest BCUT2D eigenvalue weighted by Crippen LogP contribution is -2.37. The summed E-state index contributed by atoms with van der Waals surface area (Å²) in [5.74, 6) is 0.155. The Morgan fingerprint density at radius 1 is 1.37 bits per heavy atom. The minimum Gasteiger partial charge on any atom is -0.342 e. The number of rotatable bonds is 4. The monoisotopic (exact) mass is 300 g/mol. The van der Waals surface area contributed by atoms with Crippen LogP contribution in [0.3, 0.4) is 0 Å². The summed E-state index contributed by atoms with van der Waals surface area (Å²) in [4.78, 5) is 13.8. The number of nitrogens with zero attached hydrogens (tertiary/aromatic N) is 1. The van der Waals surface area contributed by atoms with E-state index in [0.29, 0.717) is 16.6 Å². The number of carbonyl (C=O) groups is 1. The molecule has 0 aliphatic carbocycles. The Labute approximate surface area is 123 Å². The van der Waals surface area contributed by atoms with Crippen molar-refractivity contribution in [1.29, 1.82) is 0 Å². The Kier molecular flexibility index (Phi) is 5.08. The number of hydrogen-bond donors (Lipinski definition) is 1. The molecule has 0 radical (unpaired) electrons. The molecule has 1 heterocycles. The Balaban J connectivity index is 1.92. The van der Waals surface area contributed by atoms with Gasteiger partial charge in [-0.25, -0.2) is 0 Å². The average Bonchev–Trinajstić information content (AvgIpc) is 2.93. The summed E-state index contributed by atoms with van der Waals surface area (Å²) in [6.07, 6.45) is 2.23. The molecule has 0 aromatic heterocycles. The van der Waals surface area contributed by atoms with Gasteiger partial charge in [0.05, 0.1) is 16.6 Å². The van der Waals surface area contributed by atoms with E-state index in [9.17, 15) is 4.79 Å². The van der Waals surface area contributed by atoms with Crippen molar-refractivity contribution in [3.63, 3.8) is 0 Å². The predicted molar refractivity (Wildman–Crippen MR) is 78.7 cm³/mol. The molecule has 1 aromatic carbocycles. The Bertz CT molecular complexity index is 459. The van der Waals surface area contributed by atoms with E-state index >= 15 is 0 Å². The van der Waals surface area contributed by atoms with Crippen molar-refractivity contribution in [2.75, 3.05) is 19.6 Å². The highest BCUT2D eigenvalue weighted by Gasteiger charge is 2.19. The van der Waals surface area contributed by atoms with Crippen LogP contribution >= 0.6 is 23.2 Å². The first kappa shape index (κ1) is 14.6. The van der Waals surface area contributed by atoms with Crippen molar-refractivity contribution in [1.82, 2.24) is 10.2 Å². The molecular weight excluding hydrogens is 283 g/mol. The quantitative estimate of drug-likeness (QED) is 0.925. The van der Waals surface area contributed by atoms with Crippen LogP contribution in [0.5, 0.6) is 0 Å². The summed E-state index contributed by atoms with van der Waals surface area (Å²) in [6.45, 7) is 4.08. The topological polar surface area (TPSA) is 32.3 Å². The molecule has 1 N–H and O–H groups in total.